The van der Waals surface area contributed by atoms with Crippen molar-refractivity contribution in [1.82, 2.24) is 4.72 Å². The summed E-state index contributed by atoms with van der Waals surface area (Å²) < 4.78 is 30.1. The van der Waals surface area contributed by atoms with Crippen molar-refractivity contribution in [1.29, 1.82) is 0 Å². The molecule has 1 aromatic carbocycles. The van der Waals surface area contributed by atoms with E-state index in [0.29, 0.717) is 13.2 Å². The van der Waals surface area contributed by atoms with Crippen LogP contribution < -0.4 is 4.72 Å². The fourth-order valence-electron chi connectivity index (χ4n) is 1.34. The van der Waals surface area contributed by atoms with Crippen LogP contribution in [0.2, 0.25) is 0 Å². The Morgan fingerprint density at radius 2 is 1.82 bits per heavy atom. The molecule has 0 aliphatic carbocycles. The lowest BCUT2D eigenvalue weighted by atomic mass is 10.1. The second-order valence-corrected chi connectivity index (χ2v) is 6.05. The summed E-state index contributed by atoms with van der Waals surface area (Å²) in [7, 11) is -3.16. The third-order valence-electron chi connectivity index (χ3n) is 2.22. The zero-order valence-electron chi connectivity index (χ0n) is 10.4. The van der Waals surface area contributed by atoms with Gasteiger partial charge in [-0.3, -0.25) is 0 Å². The molecule has 4 nitrogen and oxygen atoms in total. The van der Waals surface area contributed by atoms with Gasteiger partial charge in [-0.2, -0.15) is 0 Å². The molecule has 0 fully saturated rings. The van der Waals surface area contributed by atoms with Gasteiger partial charge >= 0.3 is 0 Å². The molecule has 0 aliphatic heterocycles. The van der Waals surface area contributed by atoms with Crippen molar-refractivity contribution in [2.75, 3.05) is 6.26 Å². The van der Waals surface area contributed by atoms with Crippen LogP contribution in [0.4, 0.5) is 0 Å². The molecule has 0 aliphatic rings. The molecule has 0 heterocycles. The highest BCUT2D eigenvalue weighted by atomic mass is 32.2. The summed E-state index contributed by atoms with van der Waals surface area (Å²) in [5.74, 6) is 0. The standard InChI is InChI=1S/C12H19NO3S/c1-10(2)16-9-12-7-5-4-6-11(12)8-13-17(3,14)15/h4-7,10,13H,8-9H2,1-3H3. The molecule has 0 bridgehead atoms. The highest BCUT2D eigenvalue weighted by Gasteiger charge is 2.06. The fourth-order valence-corrected chi connectivity index (χ4v) is 1.75. The van der Waals surface area contributed by atoms with E-state index in [1.165, 1.54) is 0 Å². The summed E-state index contributed by atoms with van der Waals surface area (Å²) in [4.78, 5) is 0. The minimum absolute atomic E-state index is 0.158. The number of ether oxygens (including phenoxy) is 1. The summed E-state index contributed by atoms with van der Waals surface area (Å²) in [6.45, 7) is 4.74. The van der Waals surface area contributed by atoms with Crippen LogP contribution in [0.1, 0.15) is 25.0 Å². The molecule has 17 heavy (non-hydrogen) atoms. The van der Waals surface area contributed by atoms with E-state index in [0.717, 1.165) is 17.4 Å². The fraction of sp³-hybridized carbons (Fsp3) is 0.500. The Morgan fingerprint density at radius 1 is 1.24 bits per heavy atom. The molecular formula is C12H19NO3S. The first kappa shape index (κ1) is 14.2. The van der Waals surface area contributed by atoms with Gasteiger partial charge in [0.25, 0.3) is 0 Å². The number of rotatable bonds is 6. The van der Waals surface area contributed by atoms with Crippen molar-refractivity contribution in [3.8, 4) is 0 Å². The van der Waals surface area contributed by atoms with E-state index in [2.05, 4.69) is 4.72 Å². The van der Waals surface area contributed by atoms with Crippen LogP contribution in [0.3, 0.4) is 0 Å². The molecule has 0 saturated carbocycles. The van der Waals surface area contributed by atoms with Gasteiger partial charge in [0.15, 0.2) is 0 Å². The molecular weight excluding hydrogens is 238 g/mol. The summed E-state index contributed by atoms with van der Waals surface area (Å²) in [5, 5.41) is 0. The van der Waals surface area contributed by atoms with Gasteiger partial charge in [-0.05, 0) is 25.0 Å². The second kappa shape index (κ2) is 6.14. The van der Waals surface area contributed by atoms with Gasteiger partial charge in [-0.1, -0.05) is 24.3 Å². The Labute approximate surface area is 103 Å². The lowest BCUT2D eigenvalue weighted by Crippen LogP contribution is -2.22. The minimum atomic E-state index is -3.16. The highest BCUT2D eigenvalue weighted by Crippen LogP contribution is 2.11. The third-order valence-corrected chi connectivity index (χ3v) is 2.88. The Kier molecular flexibility index (Phi) is 5.11. The Hall–Kier alpha value is -0.910. The highest BCUT2D eigenvalue weighted by molar-refractivity contribution is 7.88. The van der Waals surface area contributed by atoms with Gasteiger partial charge in [-0.15, -0.1) is 0 Å². The second-order valence-electron chi connectivity index (χ2n) is 4.22. The normalized spacial score (nSPS) is 12.0. The quantitative estimate of drug-likeness (QED) is 0.843. The average molecular weight is 257 g/mol. The monoisotopic (exact) mass is 257 g/mol. The third kappa shape index (κ3) is 5.81. The van der Waals surface area contributed by atoms with Gasteiger partial charge in [0, 0.05) is 6.54 Å². The van der Waals surface area contributed by atoms with E-state index in [1.807, 2.05) is 38.1 Å². The molecule has 0 aromatic heterocycles. The van der Waals surface area contributed by atoms with Crippen molar-refractivity contribution in [2.24, 2.45) is 0 Å². The van der Waals surface area contributed by atoms with Crippen LogP contribution in [-0.4, -0.2) is 20.8 Å². The number of sulfonamides is 1. The van der Waals surface area contributed by atoms with Crippen molar-refractivity contribution in [2.45, 2.75) is 33.1 Å². The maximum Gasteiger partial charge on any atom is 0.209 e. The smallest absolute Gasteiger partial charge is 0.209 e. The van der Waals surface area contributed by atoms with Crippen molar-refractivity contribution in [3.05, 3.63) is 35.4 Å². The number of benzene rings is 1. The lowest BCUT2D eigenvalue weighted by molar-refractivity contribution is 0.0652. The lowest BCUT2D eigenvalue weighted by Gasteiger charge is -2.12. The maximum absolute atomic E-state index is 11.0. The predicted octanol–water partition coefficient (Wildman–Crippen LogP) is 1.66. The SMILES string of the molecule is CC(C)OCc1ccccc1CNS(C)(=O)=O. The van der Waals surface area contributed by atoms with Gasteiger partial charge in [0.2, 0.25) is 10.0 Å². The van der Waals surface area contributed by atoms with Gasteiger partial charge < -0.3 is 4.74 Å². The molecule has 0 amide bonds. The topological polar surface area (TPSA) is 55.4 Å². The minimum Gasteiger partial charge on any atom is -0.374 e. The first-order valence-electron chi connectivity index (χ1n) is 5.51. The Balaban J connectivity index is 2.70. The molecule has 5 heteroatoms. The van der Waals surface area contributed by atoms with Gasteiger partial charge in [0.05, 0.1) is 19.0 Å². The maximum atomic E-state index is 11.0. The number of hydrogen-bond donors (Lipinski definition) is 1. The first-order chi connectivity index (χ1) is 7.88. The van der Waals surface area contributed by atoms with Gasteiger partial charge in [0.1, 0.15) is 0 Å². The first-order valence-corrected chi connectivity index (χ1v) is 7.40. The van der Waals surface area contributed by atoms with E-state index >= 15 is 0 Å². The van der Waals surface area contributed by atoms with E-state index in [-0.39, 0.29) is 6.10 Å². The summed E-state index contributed by atoms with van der Waals surface area (Å²) in [6.07, 6.45) is 1.31. The summed E-state index contributed by atoms with van der Waals surface area (Å²) >= 11 is 0. The molecule has 0 saturated heterocycles. The molecule has 1 rings (SSSR count). The van der Waals surface area contributed by atoms with Crippen LogP contribution in [0, 0.1) is 0 Å². The van der Waals surface area contributed by atoms with E-state index < -0.39 is 10.0 Å². The molecule has 1 N–H and O–H groups in total. The Morgan fingerprint density at radius 3 is 2.35 bits per heavy atom. The largest absolute Gasteiger partial charge is 0.374 e. The molecule has 0 radical (unpaired) electrons. The molecule has 0 unspecified atom stereocenters. The van der Waals surface area contributed by atoms with E-state index in [4.69, 9.17) is 4.74 Å². The van der Waals surface area contributed by atoms with Crippen LogP contribution >= 0.6 is 0 Å². The molecule has 1 aromatic rings. The zero-order valence-corrected chi connectivity index (χ0v) is 11.3. The van der Waals surface area contributed by atoms with Gasteiger partial charge in [-0.25, -0.2) is 13.1 Å². The van der Waals surface area contributed by atoms with Crippen LogP contribution in [0.15, 0.2) is 24.3 Å². The number of nitrogens with one attached hydrogen (secondary N) is 1. The van der Waals surface area contributed by atoms with Crippen LogP contribution in [0.25, 0.3) is 0 Å². The summed E-state index contributed by atoms with van der Waals surface area (Å²) in [5.41, 5.74) is 1.95. The van der Waals surface area contributed by atoms with Crippen molar-refractivity contribution < 1.29 is 13.2 Å². The number of hydrogen-bond acceptors (Lipinski definition) is 3. The molecule has 0 atom stereocenters. The average Bonchev–Trinajstić information content (AvgIpc) is 2.23. The van der Waals surface area contributed by atoms with E-state index in [1.54, 1.807) is 0 Å². The van der Waals surface area contributed by atoms with E-state index in [9.17, 15) is 8.42 Å². The van der Waals surface area contributed by atoms with Crippen LogP contribution in [0.5, 0.6) is 0 Å². The van der Waals surface area contributed by atoms with Crippen molar-refractivity contribution >= 4 is 10.0 Å². The van der Waals surface area contributed by atoms with Crippen LogP contribution in [-0.2, 0) is 27.9 Å². The zero-order chi connectivity index (χ0) is 12.9. The Bertz CT molecular complexity index is 455. The molecule has 0 spiro atoms. The predicted molar refractivity (Wildman–Crippen MR) is 68.1 cm³/mol. The summed E-state index contributed by atoms with van der Waals surface area (Å²) in [6, 6.07) is 7.65. The van der Waals surface area contributed by atoms with Crippen molar-refractivity contribution in [3.63, 3.8) is 0 Å². The molecule has 96 valence electrons.